The number of hydrogen-bond donors (Lipinski definition) is 0. The van der Waals surface area contributed by atoms with Crippen LogP contribution in [0.3, 0.4) is 0 Å². The Morgan fingerprint density at radius 3 is 2.62 bits per heavy atom. The lowest BCUT2D eigenvalue weighted by atomic mass is 10.3. The van der Waals surface area contributed by atoms with E-state index in [1.54, 1.807) is 13.0 Å². The summed E-state index contributed by atoms with van der Waals surface area (Å²) in [5.41, 5.74) is 0.341. The summed E-state index contributed by atoms with van der Waals surface area (Å²) in [6, 6.07) is 4.62. The summed E-state index contributed by atoms with van der Waals surface area (Å²) in [4.78, 5) is 11.5. The first kappa shape index (κ1) is 12.9. The molecule has 0 fully saturated rings. The Hall–Kier alpha value is -1.19. The average Bonchev–Trinajstić information content (AvgIpc) is 2.22. The van der Waals surface area contributed by atoms with E-state index in [9.17, 15) is 4.79 Å². The molecule has 5 heteroatoms. The molecule has 0 amide bonds. The molecule has 0 heterocycles. The summed E-state index contributed by atoms with van der Waals surface area (Å²) in [5.74, 6) is -0.258. The maximum atomic E-state index is 11.5. The van der Waals surface area contributed by atoms with Gasteiger partial charge in [-0.05, 0) is 25.1 Å². The fourth-order valence-electron chi connectivity index (χ4n) is 0.963. The van der Waals surface area contributed by atoms with Crippen LogP contribution in [0.1, 0.15) is 6.92 Å². The van der Waals surface area contributed by atoms with Crippen molar-refractivity contribution in [3.05, 3.63) is 40.1 Å². The van der Waals surface area contributed by atoms with E-state index < -0.39 is 5.97 Å². The number of hydrogen-bond acceptors (Lipinski definition) is 3. The van der Waals surface area contributed by atoms with E-state index in [2.05, 4.69) is 0 Å². The standard InChI is InChI=1S/C11H10Cl2O3/c1-7(6-15-2)11(14)16-10-4-3-8(12)5-9(10)13/h3-6H,1-2H3/b7-6+. The van der Waals surface area contributed by atoms with Gasteiger partial charge in [-0.25, -0.2) is 4.79 Å². The minimum absolute atomic E-state index is 0.264. The highest BCUT2D eigenvalue weighted by Crippen LogP contribution is 2.27. The molecule has 0 aliphatic carbocycles. The van der Waals surface area contributed by atoms with E-state index in [1.165, 1.54) is 25.5 Å². The molecule has 0 N–H and O–H groups in total. The second-order valence-corrected chi connectivity index (χ2v) is 3.84. The highest BCUT2D eigenvalue weighted by molar-refractivity contribution is 6.35. The molecule has 0 bridgehead atoms. The largest absolute Gasteiger partial charge is 0.504 e. The van der Waals surface area contributed by atoms with Crippen molar-refractivity contribution < 1.29 is 14.3 Å². The zero-order chi connectivity index (χ0) is 12.1. The molecule has 1 aromatic carbocycles. The van der Waals surface area contributed by atoms with Gasteiger partial charge in [0.25, 0.3) is 0 Å². The van der Waals surface area contributed by atoms with Crippen LogP contribution in [0, 0.1) is 0 Å². The minimum Gasteiger partial charge on any atom is -0.504 e. The lowest BCUT2D eigenvalue weighted by Crippen LogP contribution is -2.09. The predicted molar refractivity (Wildman–Crippen MR) is 62.9 cm³/mol. The SMILES string of the molecule is CO/C=C(\C)C(=O)Oc1ccc(Cl)cc1Cl. The summed E-state index contributed by atoms with van der Waals surface area (Å²) in [6.45, 7) is 1.58. The first-order valence-corrected chi connectivity index (χ1v) is 5.17. The van der Waals surface area contributed by atoms with E-state index in [0.29, 0.717) is 10.6 Å². The zero-order valence-corrected chi connectivity index (χ0v) is 10.3. The zero-order valence-electron chi connectivity index (χ0n) is 8.79. The first-order valence-electron chi connectivity index (χ1n) is 4.41. The van der Waals surface area contributed by atoms with Gasteiger partial charge < -0.3 is 9.47 Å². The van der Waals surface area contributed by atoms with E-state index in [1.807, 2.05) is 0 Å². The smallest absolute Gasteiger partial charge is 0.342 e. The van der Waals surface area contributed by atoms with Crippen molar-refractivity contribution in [3.63, 3.8) is 0 Å². The van der Waals surface area contributed by atoms with Gasteiger partial charge in [0.2, 0.25) is 0 Å². The molecule has 0 saturated heterocycles. The second kappa shape index (κ2) is 5.77. The Bertz CT molecular complexity index is 427. The molecular weight excluding hydrogens is 251 g/mol. The summed E-state index contributed by atoms with van der Waals surface area (Å²) >= 11 is 11.6. The van der Waals surface area contributed by atoms with Crippen molar-refractivity contribution in [1.29, 1.82) is 0 Å². The topological polar surface area (TPSA) is 35.5 Å². The van der Waals surface area contributed by atoms with Crippen LogP contribution in [0.2, 0.25) is 10.0 Å². The summed E-state index contributed by atoms with van der Waals surface area (Å²) in [7, 11) is 1.45. The molecule has 1 rings (SSSR count). The first-order chi connectivity index (χ1) is 7.54. The van der Waals surface area contributed by atoms with Crippen LogP contribution in [0.4, 0.5) is 0 Å². The van der Waals surface area contributed by atoms with Gasteiger partial charge in [-0.3, -0.25) is 0 Å². The minimum atomic E-state index is -0.522. The lowest BCUT2D eigenvalue weighted by Gasteiger charge is -2.06. The van der Waals surface area contributed by atoms with Gasteiger partial charge in [0.05, 0.1) is 24.0 Å². The number of ether oxygens (including phenoxy) is 2. The highest BCUT2D eigenvalue weighted by atomic mass is 35.5. The normalized spacial score (nSPS) is 11.1. The molecule has 0 aliphatic rings. The molecular formula is C11H10Cl2O3. The molecule has 0 aliphatic heterocycles. The molecule has 0 unspecified atom stereocenters. The number of halogens is 2. The van der Waals surface area contributed by atoms with Crippen LogP contribution >= 0.6 is 23.2 Å². The number of esters is 1. The number of carbonyl (C=O) groups is 1. The lowest BCUT2D eigenvalue weighted by molar-refractivity contribution is -0.130. The highest BCUT2D eigenvalue weighted by Gasteiger charge is 2.10. The molecule has 1 aromatic rings. The fourth-order valence-corrected chi connectivity index (χ4v) is 1.41. The maximum Gasteiger partial charge on any atom is 0.342 e. The van der Waals surface area contributed by atoms with Crippen molar-refractivity contribution in [3.8, 4) is 5.75 Å². The Morgan fingerprint density at radius 2 is 2.06 bits per heavy atom. The third-order valence-corrected chi connectivity index (χ3v) is 2.24. The molecule has 0 saturated carbocycles. The Kier molecular flexibility index (Phi) is 4.65. The van der Waals surface area contributed by atoms with Crippen molar-refractivity contribution in [1.82, 2.24) is 0 Å². The van der Waals surface area contributed by atoms with Crippen LogP contribution < -0.4 is 4.74 Å². The van der Waals surface area contributed by atoms with Crippen LogP contribution in [0.5, 0.6) is 5.75 Å². The maximum absolute atomic E-state index is 11.5. The monoisotopic (exact) mass is 260 g/mol. The van der Waals surface area contributed by atoms with Gasteiger partial charge in [-0.1, -0.05) is 23.2 Å². The van der Waals surface area contributed by atoms with Crippen molar-refractivity contribution in [2.75, 3.05) is 7.11 Å². The molecule has 0 aromatic heterocycles. The molecule has 3 nitrogen and oxygen atoms in total. The van der Waals surface area contributed by atoms with Gasteiger partial charge >= 0.3 is 5.97 Å². The van der Waals surface area contributed by atoms with Gasteiger partial charge in [0, 0.05) is 5.02 Å². The Morgan fingerprint density at radius 1 is 1.38 bits per heavy atom. The van der Waals surface area contributed by atoms with Crippen molar-refractivity contribution in [2.24, 2.45) is 0 Å². The Labute approximate surface area is 104 Å². The quantitative estimate of drug-likeness (QED) is 0.362. The number of benzene rings is 1. The number of carbonyl (C=O) groups excluding carboxylic acids is 1. The van der Waals surface area contributed by atoms with E-state index >= 15 is 0 Å². The molecule has 0 atom stereocenters. The van der Waals surface area contributed by atoms with Gasteiger partial charge in [-0.2, -0.15) is 0 Å². The third-order valence-electron chi connectivity index (χ3n) is 1.71. The van der Waals surface area contributed by atoms with Crippen LogP contribution in [-0.4, -0.2) is 13.1 Å². The van der Waals surface area contributed by atoms with E-state index in [0.717, 1.165) is 0 Å². The van der Waals surface area contributed by atoms with E-state index in [-0.39, 0.29) is 10.8 Å². The molecule has 0 radical (unpaired) electrons. The van der Waals surface area contributed by atoms with E-state index in [4.69, 9.17) is 32.7 Å². The van der Waals surface area contributed by atoms with Crippen molar-refractivity contribution in [2.45, 2.75) is 6.92 Å². The second-order valence-electron chi connectivity index (χ2n) is 3.00. The molecule has 86 valence electrons. The molecule has 16 heavy (non-hydrogen) atoms. The van der Waals surface area contributed by atoms with Gasteiger partial charge in [0.1, 0.15) is 5.75 Å². The summed E-state index contributed by atoms with van der Waals surface area (Å²) in [5, 5.41) is 0.764. The van der Waals surface area contributed by atoms with Crippen LogP contribution in [0.25, 0.3) is 0 Å². The summed E-state index contributed by atoms with van der Waals surface area (Å²) in [6.07, 6.45) is 1.30. The van der Waals surface area contributed by atoms with Gasteiger partial charge in [0.15, 0.2) is 0 Å². The molecule has 0 spiro atoms. The fraction of sp³-hybridized carbons (Fsp3) is 0.182. The Balaban J connectivity index is 2.81. The average molecular weight is 261 g/mol. The van der Waals surface area contributed by atoms with Crippen LogP contribution in [0.15, 0.2) is 30.0 Å². The van der Waals surface area contributed by atoms with Crippen molar-refractivity contribution >= 4 is 29.2 Å². The third kappa shape index (κ3) is 3.43. The van der Waals surface area contributed by atoms with Crippen LogP contribution in [-0.2, 0) is 9.53 Å². The van der Waals surface area contributed by atoms with Gasteiger partial charge in [-0.15, -0.1) is 0 Å². The number of rotatable bonds is 3. The number of methoxy groups -OCH3 is 1. The summed E-state index contributed by atoms with van der Waals surface area (Å²) < 4.78 is 9.73. The predicted octanol–water partition coefficient (Wildman–Crippen LogP) is 3.45.